The molecule has 3 unspecified atom stereocenters. The van der Waals surface area contributed by atoms with Gasteiger partial charge in [0, 0.05) is 6.42 Å². The van der Waals surface area contributed by atoms with Gasteiger partial charge in [-0.1, -0.05) is 242 Å². The summed E-state index contributed by atoms with van der Waals surface area (Å²) in [6, 6.07) is -0.715. The fourth-order valence-corrected chi connectivity index (χ4v) is 7.28. The molecular weight excluding hydrogens is 719 g/mol. The van der Waals surface area contributed by atoms with Crippen molar-refractivity contribution >= 4 is 11.9 Å². The van der Waals surface area contributed by atoms with Gasteiger partial charge in [0.25, 0.3) is 0 Å². The lowest BCUT2D eigenvalue weighted by Gasteiger charge is -2.24. The van der Waals surface area contributed by atoms with Crippen molar-refractivity contribution in [2.24, 2.45) is 0 Å². The molecule has 3 N–H and O–H groups in total. The Kier molecular flexibility index (Phi) is 43.7. The van der Waals surface area contributed by atoms with Crippen molar-refractivity contribution < 1.29 is 24.5 Å². The number of carbonyl (C=O) groups is 2. The molecule has 0 rings (SSSR count). The second-order valence-electron chi connectivity index (χ2n) is 16.6. The molecule has 0 spiro atoms. The summed E-state index contributed by atoms with van der Waals surface area (Å²) in [5, 5.41) is 23.7. The molecule has 0 aliphatic heterocycles. The predicted octanol–water partition coefficient (Wildman–Crippen LogP) is 14.5. The minimum atomic E-state index is -0.799. The number of esters is 1. The number of aliphatic hydroxyl groups excluding tert-OH is 2. The number of rotatable bonds is 43. The Morgan fingerprint density at radius 3 is 1.34 bits per heavy atom. The lowest BCUT2D eigenvalue weighted by molar-refractivity contribution is -0.151. The highest BCUT2D eigenvalue weighted by atomic mass is 16.5. The fourth-order valence-electron chi connectivity index (χ4n) is 7.28. The zero-order chi connectivity index (χ0) is 42.4. The Bertz CT molecular complexity index is 1050. The number of aliphatic hydroxyl groups is 2. The maximum atomic E-state index is 13.2. The summed E-state index contributed by atoms with van der Waals surface area (Å²) in [5.41, 5.74) is 0. The second-order valence-corrected chi connectivity index (χ2v) is 16.6. The van der Waals surface area contributed by atoms with E-state index < -0.39 is 18.2 Å². The van der Waals surface area contributed by atoms with Gasteiger partial charge >= 0.3 is 5.97 Å². The first-order valence-corrected chi connectivity index (χ1v) is 24.6. The van der Waals surface area contributed by atoms with E-state index in [-0.39, 0.29) is 24.9 Å². The van der Waals surface area contributed by atoms with Crippen LogP contribution in [-0.2, 0) is 14.3 Å². The van der Waals surface area contributed by atoms with Crippen molar-refractivity contribution in [1.82, 2.24) is 5.32 Å². The SMILES string of the molecule is CC/C=C/C=C/C=C\C=C/C=C/CCCC(=O)OC(CCCCCCCCCCCCCCC)CC(=O)NC(CO)C(O)CCCCCCCCCCCCCCC. The quantitative estimate of drug-likeness (QED) is 0.0324. The molecule has 0 bridgehead atoms. The summed E-state index contributed by atoms with van der Waals surface area (Å²) in [6.45, 7) is 6.32. The third-order valence-electron chi connectivity index (χ3n) is 11.0. The van der Waals surface area contributed by atoms with Gasteiger partial charge in [-0.2, -0.15) is 0 Å². The van der Waals surface area contributed by atoms with Crippen LogP contribution in [0, 0.1) is 0 Å². The molecule has 0 saturated carbocycles. The Hall–Kier alpha value is -2.44. The summed E-state index contributed by atoms with van der Waals surface area (Å²) >= 11 is 0. The summed E-state index contributed by atoms with van der Waals surface area (Å²) < 4.78 is 5.88. The molecule has 6 nitrogen and oxygen atoms in total. The third kappa shape index (κ3) is 40.3. The highest BCUT2D eigenvalue weighted by Crippen LogP contribution is 2.18. The average molecular weight is 812 g/mol. The third-order valence-corrected chi connectivity index (χ3v) is 11.0. The number of ether oxygens (including phenoxy) is 1. The van der Waals surface area contributed by atoms with Crippen LogP contribution in [0.2, 0.25) is 0 Å². The smallest absolute Gasteiger partial charge is 0.306 e. The molecule has 0 aromatic rings. The largest absolute Gasteiger partial charge is 0.462 e. The van der Waals surface area contributed by atoms with Crippen molar-refractivity contribution in [3.63, 3.8) is 0 Å². The summed E-state index contributed by atoms with van der Waals surface area (Å²) in [5.74, 6) is -0.558. The van der Waals surface area contributed by atoms with Gasteiger partial charge in [0.1, 0.15) is 6.10 Å². The maximum Gasteiger partial charge on any atom is 0.306 e. The maximum absolute atomic E-state index is 13.2. The Morgan fingerprint density at radius 1 is 0.517 bits per heavy atom. The molecule has 0 aliphatic carbocycles. The summed E-state index contributed by atoms with van der Waals surface area (Å²) in [7, 11) is 0. The number of amides is 1. The number of hydrogen-bond donors (Lipinski definition) is 3. The van der Waals surface area contributed by atoms with Gasteiger partial charge in [0.2, 0.25) is 5.91 Å². The van der Waals surface area contributed by atoms with Gasteiger partial charge < -0.3 is 20.3 Å². The van der Waals surface area contributed by atoms with Gasteiger partial charge in [-0.05, 0) is 38.5 Å². The molecule has 336 valence electrons. The number of unbranched alkanes of at least 4 members (excludes halogenated alkanes) is 25. The molecule has 0 aromatic carbocycles. The van der Waals surface area contributed by atoms with E-state index in [0.29, 0.717) is 25.7 Å². The van der Waals surface area contributed by atoms with E-state index in [1.54, 1.807) is 0 Å². The van der Waals surface area contributed by atoms with Gasteiger partial charge in [0.15, 0.2) is 0 Å². The molecule has 3 atom stereocenters. The molecule has 0 radical (unpaired) electrons. The van der Waals surface area contributed by atoms with Crippen LogP contribution in [0.4, 0.5) is 0 Å². The Morgan fingerprint density at radius 2 is 0.914 bits per heavy atom. The van der Waals surface area contributed by atoms with Gasteiger partial charge in [-0.25, -0.2) is 0 Å². The molecule has 58 heavy (non-hydrogen) atoms. The minimum Gasteiger partial charge on any atom is -0.462 e. The van der Waals surface area contributed by atoms with Gasteiger partial charge in [-0.3, -0.25) is 9.59 Å². The lowest BCUT2D eigenvalue weighted by Crippen LogP contribution is -2.46. The van der Waals surface area contributed by atoms with E-state index in [0.717, 1.165) is 51.4 Å². The van der Waals surface area contributed by atoms with E-state index in [4.69, 9.17) is 4.74 Å². The van der Waals surface area contributed by atoms with Crippen LogP contribution in [0.1, 0.15) is 233 Å². The number of allylic oxidation sites excluding steroid dienone is 10. The number of nitrogens with one attached hydrogen (secondary N) is 1. The molecular formula is C52H93NO5. The molecule has 0 fully saturated rings. The minimum absolute atomic E-state index is 0.0499. The first-order chi connectivity index (χ1) is 28.5. The molecule has 1 amide bonds. The summed E-state index contributed by atoms with van der Waals surface area (Å²) in [6.07, 6.45) is 55.7. The van der Waals surface area contributed by atoms with E-state index >= 15 is 0 Å². The van der Waals surface area contributed by atoms with Crippen LogP contribution in [0.25, 0.3) is 0 Å². The van der Waals surface area contributed by atoms with Crippen molar-refractivity contribution in [1.29, 1.82) is 0 Å². The molecule has 0 aromatic heterocycles. The van der Waals surface area contributed by atoms with Crippen molar-refractivity contribution in [3.05, 3.63) is 60.8 Å². The normalized spacial score (nSPS) is 13.8. The first-order valence-electron chi connectivity index (χ1n) is 24.6. The van der Waals surface area contributed by atoms with E-state index in [1.807, 2.05) is 54.7 Å². The molecule has 0 heterocycles. The van der Waals surface area contributed by atoms with Gasteiger partial charge in [-0.15, -0.1) is 0 Å². The monoisotopic (exact) mass is 812 g/mol. The predicted molar refractivity (Wildman–Crippen MR) is 250 cm³/mol. The average Bonchev–Trinajstić information content (AvgIpc) is 3.22. The van der Waals surface area contributed by atoms with Crippen LogP contribution in [0.5, 0.6) is 0 Å². The fraction of sp³-hybridized carbons (Fsp3) is 0.769. The second kappa shape index (κ2) is 45.6. The van der Waals surface area contributed by atoms with E-state index in [1.165, 1.54) is 128 Å². The lowest BCUT2D eigenvalue weighted by atomic mass is 10.0. The van der Waals surface area contributed by atoms with Crippen molar-refractivity contribution in [2.45, 2.75) is 251 Å². The Balaban J connectivity index is 4.67. The topological polar surface area (TPSA) is 95.9 Å². The summed E-state index contributed by atoms with van der Waals surface area (Å²) in [4.78, 5) is 26.0. The van der Waals surface area contributed by atoms with E-state index in [2.05, 4.69) is 32.2 Å². The molecule has 0 saturated heterocycles. The zero-order valence-electron chi connectivity index (χ0n) is 38.2. The van der Waals surface area contributed by atoms with Crippen LogP contribution in [-0.4, -0.2) is 46.9 Å². The van der Waals surface area contributed by atoms with Crippen molar-refractivity contribution in [3.8, 4) is 0 Å². The van der Waals surface area contributed by atoms with Gasteiger partial charge in [0.05, 0.1) is 25.2 Å². The van der Waals surface area contributed by atoms with Crippen LogP contribution in [0.3, 0.4) is 0 Å². The highest BCUT2D eigenvalue weighted by molar-refractivity contribution is 5.77. The molecule has 0 aliphatic rings. The number of hydrogen-bond acceptors (Lipinski definition) is 5. The zero-order valence-corrected chi connectivity index (χ0v) is 38.2. The Labute approximate surface area is 358 Å². The standard InChI is InChI=1S/C52H93NO5/c1-4-7-10-13-16-19-22-25-28-31-34-37-40-43-48(58-52(57)45-42-39-36-33-30-27-24-21-18-15-12-9-6-3)46-51(56)53-49(47-54)50(55)44-41-38-35-32-29-26-23-20-17-14-11-8-5-2/h9,12,15,18,21,24,27,30,33,36,48-50,54-55H,4-8,10-11,13-14,16-17,19-20,22-23,25-26,28-29,31-32,34-35,37-47H2,1-3H3,(H,53,56)/b12-9+,18-15+,24-21-,30-27-,36-33+. The van der Waals surface area contributed by atoms with Crippen molar-refractivity contribution in [2.75, 3.05) is 6.61 Å². The van der Waals surface area contributed by atoms with E-state index in [9.17, 15) is 19.8 Å². The molecule has 6 heteroatoms. The highest BCUT2D eigenvalue weighted by Gasteiger charge is 2.24. The first kappa shape index (κ1) is 55.6. The number of carbonyl (C=O) groups excluding carboxylic acids is 2. The van der Waals surface area contributed by atoms with Crippen LogP contribution < -0.4 is 5.32 Å². The van der Waals surface area contributed by atoms with Crippen LogP contribution >= 0.6 is 0 Å². The van der Waals surface area contributed by atoms with Crippen LogP contribution in [0.15, 0.2) is 60.8 Å².